The number of benzene rings is 1. The Bertz CT molecular complexity index is 666. The zero-order chi connectivity index (χ0) is 12.5. The molecule has 2 aromatic heterocycles. The summed E-state index contributed by atoms with van der Waals surface area (Å²) in [7, 11) is 0. The molecule has 1 aromatic carbocycles. The molecule has 0 fully saturated rings. The maximum atomic E-state index is 6.31. The number of nitrogens with two attached hydrogens (primary N) is 1. The van der Waals surface area contributed by atoms with Crippen LogP contribution in [0.5, 0.6) is 0 Å². The van der Waals surface area contributed by atoms with Gasteiger partial charge in [-0.2, -0.15) is 0 Å². The van der Waals surface area contributed by atoms with Crippen molar-refractivity contribution in [1.82, 2.24) is 0 Å². The SMILES string of the molecule is Cc1ccc(C(N)Cc2csc3ccccc23)s1. The smallest absolute Gasteiger partial charge is 0.0431 e. The van der Waals surface area contributed by atoms with Gasteiger partial charge in [-0.3, -0.25) is 0 Å². The van der Waals surface area contributed by atoms with Crippen LogP contribution in [-0.4, -0.2) is 0 Å². The van der Waals surface area contributed by atoms with E-state index in [4.69, 9.17) is 5.73 Å². The lowest BCUT2D eigenvalue weighted by molar-refractivity contribution is 0.742. The third-order valence-electron chi connectivity index (χ3n) is 3.13. The summed E-state index contributed by atoms with van der Waals surface area (Å²) in [4.78, 5) is 2.61. The molecule has 0 aliphatic carbocycles. The quantitative estimate of drug-likeness (QED) is 0.746. The first-order chi connectivity index (χ1) is 8.74. The summed E-state index contributed by atoms with van der Waals surface area (Å²) >= 11 is 3.61. The van der Waals surface area contributed by atoms with Gasteiger partial charge in [0.1, 0.15) is 0 Å². The van der Waals surface area contributed by atoms with Gasteiger partial charge in [-0.05, 0) is 47.9 Å². The highest BCUT2D eigenvalue weighted by Crippen LogP contribution is 2.30. The molecule has 1 unspecified atom stereocenters. The predicted molar refractivity (Wildman–Crippen MR) is 81.5 cm³/mol. The molecule has 0 saturated carbocycles. The van der Waals surface area contributed by atoms with Crippen LogP contribution in [-0.2, 0) is 6.42 Å². The largest absolute Gasteiger partial charge is 0.323 e. The van der Waals surface area contributed by atoms with Crippen molar-refractivity contribution in [3.05, 3.63) is 57.1 Å². The summed E-state index contributed by atoms with van der Waals surface area (Å²) in [5.41, 5.74) is 7.68. The minimum absolute atomic E-state index is 0.113. The van der Waals surface area contributed by atoms with E-state index in [1.54, 1.807) is 22.7 Å². The second-order valence-electron chi connectivity index (χ2n) is 4.52. The van der Waals surface area contributed by atoms with E-state index in [0.717, 1.165) is 6.42 Å². The Kier molecular flexibility index (Phi) is 3.20. The lowest BCUT2D eigenvalue weighted by atomic mass is 10.0. The van der Waals surface area contributed by atoms with Gasteiger partial charge in [-0.25, -0.2) is 0 Å². The van der Waals surface area contributed by atoms with Crippen LogP contribution in [0, 0.1) is 6.92 Å². The van der Waals surface area contributed by atoms with Gasteiger partial charge >= 0.3 is 0 Å². The topological polar surface area (TPSA) is 26.0 Å². The first kappa shape index (κ1) is 11.9. The van der Waals surface area contributed by atoms with Crippen LogP contribution in [0.15, 0.2) is 41.8 Å². The maximum absolute atomic E-state index is 6.31. The normalized spacial score (nSPS) is 13.0. The van der Waals surface area contributed by atoms with Gasteiger partial charge in [-0.1, -0.05) is 18.2 Å². The number of rotatable bonds is 3. The fourth-order valence-electron chi connectivity index (χ4n) is 2.18. The molecule has 92 valence electrons. The number of fused-ring (bicyclic) bond motifs is 1. The van der Waals surface area contributed by atoms with Crippen LogP contribution < -0.4 is 5.73 Å². The summed E-state index contributed by atoms with van der Waals surface area (Å²) in [5, 5.41) is 3.59. The Morgan fingerprint density at radius 2 is 2.00 bits per heavy atom. The van der Waals surface area contributed by atoms with Crippen LogP contribution in [0.4, 0.5) is 0 Å². The highest BCUT2D eigenvalue weighted by atomic mass is 32.1. The molecule has 0 radical (unpaired) electrons. The molecule has 18 heavy (non-hydrogen) atoms. The molecule has 0 aliphatic heterocycles. The summed E-state index contributed by atoms with van der Waals surface area (Å²) < 4.78 is 1.35. The number of aryl methyl sites for hydroxylation is 1. The van der Waals surface area contributed by atoms with Gasteiger partial charge in [0.15, 0.2) is 0 Å². The highest BCUT2D eigenvalue weighted by Gasteiger charge is 2.12. The third-order valence-corrected chi connectivity index (χ3v) is 5.27. The van der Waals surface area contributed by atoms with Crippen molar-refractivity contribution in [2.45, 2.75) is 19.4 Å². The van der Waals surface area contributed by atoms with E-state index in [1.165, 1.54) is 25.4 Å². The van der Waals surface area contributed by atoms with E-state index in [1.807, 2.05) is 0 Å². The third kappa shape index (κ3) is 2.21. The first-order valence-corrected chi connectivity index (χ1v) is 7.70. The minimum atomic E-state index is 0.113. The van der Waals surface area contributed by atoms with Crippen molar-refractivity contribution in [2.75, 3.05) is 0 Å². The van der Waals surface area contributed by atoms with E-state index in [9.17, 15) is 0 Å². The van der Waals surface area contributed by atoms with E-state index in [2.05, 4.69) is 48.7 Å². The first-order valence-electron chi connectivity index (χ1n) is 6.01. The molecular weight excluding hydrogens is 258 g/mol. The standard InChI is InChI=1S/C15H15NS2/c1-10-6-7-15(18-10)13(16)8-11-9-17-14-5-3-2-4-12(11)14/h2-7,9,13H,8,16H2,1H3. The minimum Gasteiger partial charge on any atom is -0.323 e. The second-order valence-corrected chi connectivity index (χ2v) is 6.75. The number of hydrogen-bond acceptors (Lipinski definition) is 3. The van der Waals surface area contributed by atoms with Crippen molar-refractivity contribution in [3.8, 4) is 0 Å². The molecule has 2 heterocycles. The van der Waals surface area contributed by atoms with E-state index in [-0.39, 0.29) is 6.04 Å². The Morgan fingerprint density at radius 1 is 1.17 bits per heavy atom. The Morgan fingerprint density at radius 3 is 2.78 bits per heavy atom. The molecule has 3 heteroatoms. The molecule has 2 N–H and O–H groups in total. The van der Waals surface area contributed by atoms with Gasteiger partial charge in [0.05, 0.1) is 0 Å². The van der Waals surface area contributed by atoms with Gasteiger partial charge < -0.3 is 5.73 Å². The summed E-state index contributed by atoms with van der Waals surface area (Å²) in [6.07, 6.45) is 0.921. The van der Waals surface area contributed by atoms with Gasteiger partial charge in [-0.15, -0.1) is 22.7 Å². The lowest BCUT2D eigenvalue weighted by Crippen LogP contribution is -2.11. The van der Waals surface area contributed by atoms with E-state index >= 15 is 0 Å². The van der Waals surface area contributed by atoms with Crippen LogP contribution in [0.25, 0.3) is 10.1 Å². The van der Waals surface area contributed by atoms with Crippen LogP contribution in [0.1, 0.15) is 21.4 Å². The monoisotopic (exact) mass is 273 g/mol. The van der Waals surface area contributed by atoms with Crippen molar-refractivity contribution >= 4 is 32.8 Å². The molecule has 0 bridgehead atoms. The molecule has 3 aromatic rings. The van der Waals surface area contributed by atoms with E-state index < -0.39 is 0 Å². The molecule has 0 spiro atoms. The second kappa shape index (κ2) is 4.84. The zero-order valence-electron chi connectivity index (χ0n) is 10.2. The Hall–Kier alpha value is -1.16. The fraction of sp³-hybridized carbons (Fsp3) is 0.200. The van der Waals surface area contributed by atoms with Gasteiger partial charge in [0, 0.05) is 20.5 Å². The summed E-state index contributed by atoms with van der Waals surface area (Å²) in [6, 6.07) is 13.0. The van der Waals surface area contributed by atoms with Gasteiger partial charge in [0.25, 0.3) is 0 Å². The molecule has 0 amide bonds. The molecule has 0 saturated heterocycles. The Labute approximate surface area is 115 Å². The average Bonchev–Trinajstić information content (AvgIpc) is 2.97. The molecule has 1 nitrogen and oxygen atoms in total. The lowest BCUT2D eigenvalue weighted by Gasteiger charge is -2.08. The molecule has 0 aliphatic rings. The Balaban J connectivity index is 1.88. The van der Waals surface area contributed by atoms with Crippen LogP contribution in [0.3, 0.4) is 0 Å². The summed E-state index contributed by atoms with van der Waals surface area (Å²) in [6.45, 7) is 2.13. The average molecular weight is 273 g/mol. The van der Waals surface area contributed by atoms with Crippen molar-refractivity contribution in [1.29, 1.82) is 0 Å². The number of hydrogen-bond donors (Lipinski definition) is 1. The zero-order valence-corrected chi connectivity index (χ0v) is 11.9. The van der Waals surface area contributed by atoms with Crippen molar-refractivity contribution in [2.24, 2.45) is 5.73 Å². The van der Waals surface area contributed by atoms with Gasteiger partial charge in [0.2, 0.25) is 0 Å². The summed E-state index contributed by atoms with van der Waals surface area (Å²) in [5.74, 6) is 0. The van der Waals surface area contributed by atoms with Crippen LogP contribution in [0.2, 0.25) is 0 Å². The molecule has 1 atom stereocenters. The number of thiophene rings is 2. The predicted octanol–water partition coefficient (Wildman–Crippen LogP) is 4.51. The van der Waals surface area contributed by atoms with Crippen molar-refractivity contribution < 1.29 is 0 Å². The molecular formula is C15H15NS2. The highest BCUT2D eigenvalue weighted by molar-refractivity contribution is 7.17. The van der Waals surface area contributed by atoms with E-state index in [0.29, 0.717) is 0 Å². The maximum Gasteiger partial charge on any atom is 0.0431 e. The molecule has 3 rings (SSSR count). The van der Waals surface area contributed by atoms with Crippen LogP contribution >= 0.6 is 22.7 Å². The van der Waals surface area contributed by atoms with Crippen molar-refractivity contribution in [3.63, 3.8) is 0 Å². The fourth-order valence-corrected chi connectivity index (χ4v) is 4.04.